The zero-order valence-corrected chi connectivity index (χ0v) is 12.1. The first-order chi connectivity index (χ1) is 10.4. The number of carbonyl (C=O) groups excluding carboxylic acids is 2. The van der Waals surface area contributed by atoms with Gasteiger partial charge in [0.2, 0.25) is 5.91 Å². The van der Waals surface area contributed by atoms with Crippen LogP contribution in [0.1, 0.15) is 6.92 Å². The van der Waals surface area contributed by atoms with Crippen LogP contribution in [0.5, 0.6) is 0 Å². The van der Waals surface area contributed by atoms with Crippen LogP contribution in [0.15, 0.2) is 33.9 Å². The maximum absolute atomic E-state index is 12.2. The van der Waals surface area contributed by atoms with Gasteiger partial charge < -0.3 is 15.0 Å². The summed E-state index contributed by atoms with van der Waals surface area (Å²) in [6.07, 6.45) is 0. The molecule has 0 aliphatic heterocycles. The van der Waals surface area contributed by atoms with Crippen molar-refractivity contribution >= 4 is 22.8 Å². The number of aromatic nitrogens is 2. The average molecular weight is 305 g/mol. The Balaban J connectivity index is 2.29. The van der Waals surface area contributed by atoms with Gasteiger partial charge in [-0.1, -0.05) is 12.1 Å². The smallest absolute Gasteiger partial charge is 0.329 e. The third kappa shape index (κ3) is 3.05. The molecule has 0 aliphatic carbocycles. The van der Waals surface area contributed by atoms with E-state index in [0.717, 1.165) is 4.57 Å². The number of hydrogen-bond acceptors (Lipinski definition) is 5. The van der Waals surface area contributed by atoms with Crippen molar-refractivity contribution in [2.75, 3.05) is 7.11 Å². The number of amides is 1. The molecule has 0 saturated heterocycles. The molecule has 1 amide bonds. The van der Waals surface area contributed by atoms with Crippen molar-refractivity contribution in [1.29, 1.82) is 0 Å². The third-order valence-electron chi connectivity index (χ3n) is 3.12. The minimum absolute atomic E-state index is 0.302. The normalized spacial score (nSPS) is 11.9. The minimum atomic E-state index is -0.868. The Morgan fingerprint density at radius 1 is 1.32 bits per heavy atom. The number of hydrogen-bond donors (Lipinski definition) is 2. The van der Waals surface area contributed by atoms with Crippen LogP contribution in [0.4, 0.5) is 0 Å². The van der Waals surface area contributed by atoms with Gasteiger partial charge in [-0.2, -0.15) is 0 Å². The molecule has 1 atom stereocenters. The Hall–Kier alpha value is -2.90. The molecule has 1 aromatic carbocycles. The summed E-state index contributed by atoms with van der Waals surface area (Å²) in [7, 11) is 1.20. The first-order valence-electron chi connectivity index (χ1n) is 6.53. The van der Waals surface area contributed by atoms with Crippen LogP contribution in [0.25, 0.3) is 10.9 Å². The highest BCUT2D eigenvalue weighted by Crippen LogP contribution is 2.02. The van der Waals surface area contributed by atoms with Gasteiger partial charge in [-0.15, -0.1) is 0 Å². The van der Waals surface area contributed by atoms with E-state index in [0.29, 0.717) is 10.9 Å². The van der Waals surface area contributed by atoms with Gasteiger partial charge in [-0.3, -0.25) is 14.2 Å². The zero-order valence-electron chi connectivity index (χ0n) is 12.1. The largest absolute Gasteiger partial charge is 0.467 e. The Morgan fingerprint density at radius 2 is 2.00 bits per heavy atom. The average Bonchev–Trinajstić information content (AvgIpc) is 2.50. The monoisotopic (exact) mass is 305 g/mol. The fraction of sp³-hybridized carbons (Fsp3) is 0.286. The van der Waals surface area contributed by atoms with Crippen LogP contribution in [-0.4, -0.2) is 34.6 Å². The molecular weight excluding hydrogens is 290 g/mol. The molecule has 2 aromatic rings. The lowest BCUT2D eigenvalue weighted by Gasteiger charge is -2.12. The second-order valence-corrected chi connectivity index (χ2v) is 4.68. The second kappa shape index (κ2) is 6.25. The third-order valence-corrected chi connectivity index (χ3v) is 3.12. The predicted molar refractivity (Wildman–Crippen MR) is 78.4 cm³/mol. The van der Waals surface area contributed by atoms with Crippen molar-refractivity contribution in [3.8, 4) is 0 Å². The molecule has 8 nitrogen and oxygen atoms in total. The van der Waals surface area contributed by atoms with Crippen LogP contribution >= 0.6 is 0 Å². The molecule has 8 heteroatoms. The van der Waals surface area contributed by atoms with Crippen molar-refractivity contribution in [3.63, 3.8) is 0 Å². The number of esters is 1. The van der Waals surface area contributed by atoms with Gasteiger partial charge in [0.15, 0.2) is 0 Å². The van der Waals surface area contributed by atoms with Crippen LogP contribution in [-0.2, 0) is 20.9 Å². The van der Waals surface area contributed by atoms with Crippen molar-refractivity contribution < 1.29 is 14.3 Å². The maximum atomic E-state index is 12.2. The Morgan fingerprint density at radius 3 is 2.68 bits per heavy atom. The summed E-state index contributed by atoms with van der Waals surface area (Å²) in [4.78, 5) is 49.7. The quantitative estimate of drug-likeness (QED) is 0.731. The van der Waals surface area contributed by atoms with E-state index in [4.69, 9.17) is 0 Å². The standard InChI is InChI=1S/C14H15N3O5/c1-8(13(20)22-2)15-11(18)7-17-12(19)9-5-3-4-6-10(9)16-14(17)21/h3-6,8H,7H2,1-2H3,(H,15,18)(H,16,21). The number of aromatic amines is 1. The summed E-state index contributed by atoms with van der Waals surface area (Å²) < 4.78 is 5.26. The lowest BCUT2D eigenvalue weighted by molar-refractivity contribution is -0.144. The van der Waals surface area contributed by atoms with E-state index in [-0.39, 0.29) is 0 Å². The highest BCUT2D eigenvalue weighted by atomic mass is 16.5. The summed E-state index contributed by atoms with van der Waals surface area (Å²) >= 11 is 0. The molecule has 1 aromatic heterocycles. The van der Waals surface area contributed by atoms with Gasteiger partial charge in [-0.25, -0.2) is 9.59 Å². The van der Waals surface area contributed by atoms with Crippen LogP contribution < -0.4 is 16.6 Å². The van der Waals surface area contributed by atoms with Gasteiger partial charge >= 0.3 is 11.7 Å². The molecule has 22 heavy (non-hydrogen) atoms. The number of nitrogens with zero attached hydrogens (tertiary/aromatic N) is 1. The molecule has 1 heterocycles. The van der Waals surface area contributed by atoms with Crippen molar-refractivity contribution in [2.24, 2.45) is 0 Å². The van der Waals surface area contributed by atoms with E-state index in [1.807, 2.05) is 0 Å². The van der Waals surface area contributed by atoms with Crippen LogP contribution in [0, 0.1) is 0 Å². The van der Waals surface area contributed by atoms with E-state index in [1.165, 1.54) is 14.0 Å². The molecule has 0 fully saturated rings. The first kappa shape index (κ1) is 15.5. The topological polar surface area (TPSA) is 110 Å². The number of H-pyrrole nitrogens is 1. The molecule has 0 radical (unpaired) electrons. The molecule has 0 aliphatic rings. The lowest BCUT2D eigenvalue weighted by atomic mass is 10.2. The SMILES string of the molecule is COC(=O)C(C)NC(=O)Cn1c(=O)[nH]c2ccccc2c1=O. The second-order valence-electron chi connectivity index (χ2n) is 4.68. The van der Waals surface area contributed by atoms with E-state index in [9.17, 15) is 19.2 Å². The van der Waals surface area contributed by atoms with E-state index in [2.05, 4.69) is 15.0 Å². The number of nitrogens with one attached hydrogen (secondary N) is 2. The number of rotatable bonds is 4. The van der Waals surface area contributed by atoms with Gasteiger partial charge in [0.25, 0.3) is 5.56 Å². The summed E-state index contributed by atoms with van der Waals surface area (Å²) in [6.45, 7) is 0.956. The van der Waals surface area contributed by atoms with Gasteiger partial charge in [-0.05, 0) is 19.1 Å². The zero-order chi connectivity index (χ0) is 16.3. The molecule has 2 rings (SSSR count). The molecular formula is C14H15N3O5. The van der Waals surface area contributed by atoms with E-state index in [1.54, 1.807) is 24.3 Å². The number of benzene rings is 1. The van der Waals surface area contributed by atoms with Gasteiger partial charge in [0.1, 0.15) is 12.6 Å². The fourth-order valence-corrected chi connectivity index (χ4v) is 2.01. The molecule has 1 unspecified atom stereocenters. The van der Waals surface area contributed by atoms with Crippen LogP contribution in [0.2, 0.25) is 0 Å². The predicted octanol–water partition coefficient (Wildman–Crippen LogP) is -0.632. The van der Waals surface area contributed by atoms with Crippen molar-refractivity contribution in [2.45, 2.75) is 19.5 Å². The number of ether oxygens (including phenoxy) is 1. The van der Waals surface area contributed by atoms with E-state index >= 15 is 0 Å². The van der Waals surface area contributed by atoms with Gasteiger partial charge in [0, 0.05) is 0 Å². The lowest BCUT2D eigenvalue weighted by Crippen LogP contribution is -2.45. The molecule has 2 N–H and O–H groups in total. The number of para-hydroxylation sites is 1. The molecule has 0 bridgehead atoms. The molecule has 0 saturated carbocycles. The Bertz CT molecular complexity index is 836. The highest BCUT2D eigenvalue weighted by Gasteiger charge is 2.17. The number of carbonyl (C=O) groups is 2. The minimum Gasteiger partial charge on any atom is -0.467 e. The van der Waals surface area contributed by atoms with Gasteiger partial charge in [0.05, 0.1) is 18.0 Å². The summed E-state index contributed by atoms with van der Waals surface area (Å²) in [5.74, 6) is -1.26. The highest BCUT2D eigenvalue weighted by molar-refractivity contribution is 5.84. The Labute approximate surface area is 124 Å². The van der Waals surface area contributed by atoms with Crippen molar-refractivity contribution in [3.05, 3.63) is 45.1 Å². The molecule has 116 valence electrons. The number of methoxy groups -OCH3 is 1. The Kier molecular flexibility index (Phi) is 4.40. The number of fused-ring (bicyclic) bond motifs is 1. The van der Waals surface area contributed by atoms with Crippen molar-refractivity contribution in [1.82, 2.24) is 14.9 Å². The summed E-state index contributed by atoms with van der Waals surface area (Å²) in [5, 5.41) is 2.66. The first-order valence-corrected chi connectivity index (χ1v) is 6.53. The molecule has 0 spiro atoms. The summed E-state index contributed by atoms with van der Waals surface area (Å²) in [6, 6.07) is 5.63. The van der Waals surface area contributed by atoms with E-state index < -0.39 is 35.7 Å². The maximum Gasteiger partial charge on any atom is 0.329 e. The summed E-state index contributed by atoms with van der Waals surface area (Å²) in [5.41, 5.74) is -0.859. The fourth-order valence-electron chi connectivity index (χ4n) is 2.01. The van der Waals surface area contributed by atoms with Crippen LogP contribution in [0.3, 0.4) is 0 Å².